The van der Waals surface area contributed by atoms with Crippen LogP contribution in [0.2, 0.25) is 0 Å². The van der Waals surface area contributed by atoms with Crippen LogP contribution in [0.15, 0.2) is 48.6 Å². The highest BCUT2D eigenvalue weighted by Crippen LogP contribution is 2.33. The van der Waals surface area contributed by atoms with Gasteiger partial charge in [-0.15, -0.1) is 0 Å². The summed E-state index contributed by atoms with van der Waals surface area (Å²) in [7, 11) is 0. The van der Waals surface area contributed by atoms with Gasteiger partial charge in [-0.3, -0.25) is 4.79 Å². The number of hydrogen-bond acceptors (Lipinski definition) is 18. The molecule has 0 aliphatic carbocycles. The largest absolute Gasteiger partial charge is 0.394 e. The lowest BCUT2D eigenvalue weighted by Crippen LogP contribution is -2.66. The van der Waals surface area contributed by atoms with Crippen molar-refractivity contribution < 1.29 is 89.4 Å². The molecule has 0 aromatic rings. The molecule has 0 radical (unpaired) electrons. The van der Waals surface area contributed by atoms with Gasteiger partial charge in [-0.05, 0) is 64.2 Å². The van der Waals surface area contributed by atoms with Crippen molar-refractivity contribution in [3.8, 4) is 0 Å². The Hall–Kier alpha value is -2.25. The summed E-state index contributed by atoms with van der Waals surface area (Å²) < 4.78 is 34.4. The van der Waals surface area contributed by atoms with Crippen LogP contribution in [0.4, 0.5) is 0 Å². The number of unbranched alkanes of at least 4 members (excludes halogenated alkanes) is 36. The molecule has 0 bridgehead atoms. The molecule has 3 aliphatic heterocycles. The first kappa shape index (κ1) is 85.0. The summed E-state index contributed by atoms with van der Waals surface area (Å²) in [4.78, 5) is 13.4. The fourth-order valence-electron chi connectivity index (χ4n) is 12.5. The Kier molecular flexibility index (Phi) is 50.8. The number of aliphatic hydroxyl groups is 11. The van der Waals surface area contributed by atoms with Crippen molar-refractivity contribution >= 4 is 5.91 Å². The number of amides is 1. The Labute approximate surface area is 561 Å². The zero-order chi connectivity index (χ0) is 67.5. The molecule has 19 nitrogen and oxygen atoms in total. The van der Waals surface area contributed by atoms with Gasteiger partial charge in [-0.1, -0.05) is 262 Å². The summed E-state index contributed by atoms with van der Waals surface area (Å²) in [6.45, 7) is 1.73. The predicted molar refractivity (Wildman–Crippen MR) is 365 cm³/mol. The molecule has 0 aromatic carbocycles. The van der Waals surface area contributed by atoms with Gasteiger partial charge in [0.1, 0.15) is 73.2 Å². The van der Waals surface area contributed by atoms with E-state index in [1.165, 1.54) is 205 Å². The molecule has 0 saturated carbocycles. The van der Waals surface area contributed by atoms with Gasteiger partial charge >= 0.3 is 0 Å². The standard InChI is InChI=1S/C74H135NO18/c1-3-5-7-9-11-13-15-17-19-21-22-23-24-25-26-27-28-29-30-31-32-33-34-36-38-40-42-44-46-48-50-52-62(80)75-57(58(79)51-49-47-45-43-41-39-37-35-20-18-16-14-12-10-8-6-4-2)56-88-72-68(86)65(83)70(60(54-77)90-72)93-74-69(87)66(84)71(61(55-78)91-74)92-73-67(85)64(82)63(81)59(53-76)89-73/h15,17,21-22,41,43,49,51,57-61,63-74,76-79,81-87H,3-14,16,18-20,23-40,42,44-48,50,52-56H2,1-2H3,(H,75,80)/b17-15-,22-21-,43-41+,51-49+. The molecule has 3 fully saturated rings. The molecule has 0 spiro atoms. The van der Waals surface area contributed by atoms with Gasteiger partial charge in [-0.2, -0.15) is 0 Å². The summed E-state index contributed by atoms with van der Waals surface area (Å²) in [5, 5.41) is 121. The molecule has 3 saturated heterocycles. The first-order chi connectivity index (χ1) is 45.3. The minimum absolute atomic E-state index is 0.237. The first-order valence-electron chi connectivity index (χ1n) is 37.4. The lowest BCUT2D eigenvalue weighted by Gasteiger charge is -2.48. The van der Waals surface area contributed by atoms with Crippen LogP contribution >= 0.6 is 0 Å². The SMILES string of the molecule is CCCCCCC/C=C\C/C=C\CCCCCCCCCCCCCCCCCCCCCC(=O)NC(COC1OC(CO)C(OC2OC(CO)C(OC3OC(CO)C(O)C(O)C3O)C(O)C2O)C(O)C1O)C(O)/C=C/CC/C=C/CCCCCCCCCCCCC. The lowest BCUT2D eigenvalue weighted by atomic mass is 9.96. The van der Waals surface area contributed by atoms with Crippen LogP contribution in [0, 0.1) is 0 Å². The molecule has 3 heterocycles. The van der Waals surface area contributed by atoms with E-state index in [0.29, 0.717) is 12.8 Å². The number of carbonyl (C=O) groups is 1. The topological polar surface area (TPSA) is 307 Å². The molecule has 17 atom stereocenters. The molecule has 93 heavy (non-hydrogen) atoms. The number of aliphatic hydroxyl groups excluding tert-OH is 11. The van der Waals surface area contributed by atoms with Crippen LogP contribution < -0.4 is 5.32 Å². The molecule has 0 aromatic heterocycles. The van der Waals surface area contributed by atoms with E-state index in [1.54, 1.807) is 6.08 Å². The van der Waals surface area contributed by atoms with Crippen LogP contribution in [0.1, 0.15) is 284 Å². The molecule has 17 unspecified atom stereocenters. The van der Waals surface area contributed by atoms with Gasteiger partial charge in [0.2, 0.25) is 5.91 Å². The fraction of sp³-hybridized carbons (Fsp3) is 0.878. The molecule has 3 aliphatic rings. The second-order valence-electron chi connectivity index (χ2n) is 26.7. The number of carbonyl (C=O) groups excluding carboxylic acids is 1. The Morgan fingerprint density at radius 2 is 0.720 bits per heavy atom. The third-order valence-corrected chi connectivity index (χ3v) is 18.6. The zero-order valence-corrected chi connectivity index (χ0v) is 57.7. The number of nitrogens with one attached hydrogen (secondary N) is 1. The van der Waals surface area contributed by atoms with Crippen molar-refractivity contribution in [3.63, 3.8) is 0 Å². The fourth-order valence-corrected chi connectivity index (χ4v) is 12.5. The van der Waals surface area contributed by atoms with E-state index in [4.69, 9.17) is 28.4 Å². The number of allylic oxidation sites excluding steroid dienone is 7. The maximum Gasteiger partial charge on any atom is 0.220 e. The minimum atomic E-state index is -1.98. The Morgan fingerprint density at radius 1 is 0.387 bits per heavy atom. The van der Waals surface area contributed by atoms with Gasteiger partial charge in [-0.25, -0.2) is 0 Å². The second kappa shape index (κ2) is 55.6. The number of hydrogen-bond donors (Lipinski definition) is 12. The summed E-state index contributed by atoms with van der Waals surface area (Å²) in [5.41, 5.74) is 0. The maximum absolute atomic E-state index is 13.4. The molecule has 12 N–H and O–H groups in total. The third-order valence-electron chi connectivity index (χ3n) is 18.6. The number of rotatable bonds is 58. The highest BCUT2D eigenvalue weighted by atomic mass is 16.8. The predicted octanol–water partition coefficient (Wildman–Crippen LogP) is 10.9. The van der Waals surface area contributed by atoms with Crippen molar-refractivity contribution in [1.82, 2.24) is 5.32 Å². The van der Waals surface area contributed by atoms with Gasteiger partial charge < -0.3 is 89.9 Å². The molecule has 544 valence electrons. The second-order valence-corrected chi connectivity index (χ2v) is 26.7. The molecule has 1 amide bonds. The Balaban J connectivity index is 1.38. The first-order valence-corrected chi connectivity index (χ1v) is 37.4. The van der Waals surface area contributed by atoms with E-state index < -0.39 is 124 Å². The Morgan fingerprint density at radius 3 is 1.14 bits per heavy atom. The van der Waals surface area contributed by atoms with Gasteiger partial charge in [0.15, 0.2) is 18.9 Å². The summed E-state index contributed by atoms with van der Waals surface area (Å²) in [5.74, 6) is -0.282. The molecule has 19 heteroatoms. The lowest BCUT2D eigenvalue weighted by molar-refractivity contribution is -0.379. The van der Waals surface area contributed by atoms with E-state index in [2.05, 4.69) is 55.6 Å². The van der Waals surface area contributed by atoms with Crippen LogP contribution in [-0.2, 0) is 33.2 Å². The zero-order valence-electron chi connectivity index (χ0n) is 57.7. The van der Waals surface area contributed by atoms with E-state index in [0.717, 1.165) is 44.9 Å². The summed E-state index contributed by atoms with van der Waals surface area (Å²) in [6.07, 6.45) is 41.0. The van der Waals surface area contributed by atoms with Gasteiger partial charge in [0.05, 0.1) is 38.6 Å². The summed E-state index contributed by atoms with van der Waals surface area (Å²) >= 11 is 0. The van der Waals surface area contributed by atoms with Crippen molar-refractivity contribution in [2.75, 3.05) is 26.4 Å². The minimum Gasteiger partial charge on any atom is -0.394 e. The normalized spacial score (nSPS) is 27.8. The van der Waals surface area contributed by atoms with E-state index in [-0.39, 0.29) is 18.9 Å². The Bertz CT molecular complexity index is 1870. The molecular weight excluding hydrogens is 1190 g/mol. The highest BCUT2D eigenvalue weighted by Gasteiger charge is 2.53. The smallest absolute Gasteiger partial charge is 0.220 e. The van der Waals surface area contributed by atoms with Crippen LogP contribution in [0.25, 0.3) is 0 Å². The van der Waals surface area contributed by atoms with Crippen molar-refractivity contribution in [3.05, 3.63) is 48.6 Å². The van der Waals surface area contributed by atoms with Gasteiger partial charge in [0.25, 0.3) is 0 Å². The monoisotopic (exact) mass is 1330 g/mol. The third kappa shape index (κ3) is 37.0. The van der Waals surface area contributed by atoms with Crippen LogP contribution in [-0.4, -0.2) is 193 Å². The van der Waals surface area contributed by atoms with Crippen molar-refractivity contribution in [2.24, 2.45) is 0 Å². The van der Waals surface area contributed by atoms with E-state index in [1.807, 2.05) is 6.08 Å². The quantitative estimate of drug-likeness (QED) is 0.0199. The highest BCUT2D eigenvalue weighted by molar-refractivity contribution is 5.76. The van der Waals surface area contributed by atoms with Crippen LogP contribution in [0.3, 0.4) is 0 Å². The number of ether oxygens (including phenoxy) is 6. The average Bonchev–Trinajstić information content (AvgIpc) is 0.900. The van der Waals surface area contributed by atoms with Crippen molar-refractivity contribution in [1.29, 1.82) is 0 Å². The van der Waals surface area contributed by atoms with Crippen LogP contribution in [0.5, 0.6) is 0 Å². The van der Waals surface area contributed by atoms with E-state index >= 15 is 0 Å². The molecule has 3 rings (SSSR count). The van der Waals surface area contributed by atoms with Gasteiger partial charge in [0, 0.05) is 6.42 Å². The summed E-state index contributed by atoms with van der Waals surface area (Å²) in [6, 6.07) is -0.990. The average molecular weight is 1330 g/mol. The van der Waals surface area contributed by atoms with E-state index in [9.17, 15) is 61.0 Å². The molecular formula is C74H135NO18. The maximum atomic E-state index is 13.4. The van der Waals surface area contributed by atoms with Crippen molar-refractivity contribution in [2.45, 2.75) is 388 Å².